The number of carbonyl (C=O) groups is 1. The van der Waals surface area contributed by atoms with E-state index >= 15 is 0 Å². The number of hydrogen-bond acceptors (Lipinski definition) is 4. The molecule has 1 aromatic carbocycles. The van der Waals surface area contributed by atoms with Crippen molar-refractivity contribution >= 4 is 22.9 Å². The molecule has 2 rings (SSSR count). The number of likely N-dealkylation sites (N-methyl/N-ethyl adjacent to an activating group) is 1. The van der Waals surface area contributed by atoms with E-state index in [2.05, 4.69) is 10.6 Å². The Kier molecular flexibility index (Phi) is 4.68. The highest BCUT2D eigenvalue weighted by Crippen LogP contribution is 2.18. The van der Waals surface area contributed by atoms with Crippen LogP contribution in [0.4, 0.5) is 5.69 Å². The van der Waals surface area contributed by atoms with E-state index in [4.69, 9.17) is 0 Å². The molecule has 0 spiro atoms. The summed E-state index contributed by atoms with van der Waals surface area (Å²) in [5.74, 6) is -0.137. The Bertz CT molecular complexity index is 540. The molecule has 0 aliphatic carbocycles. The zero-order valence-corrected chi connectivity index (χ0v) is 11.4. The van der Waals surface area contributed by atoms with Crippen molar-refractivity contribution in [3.63, 3.8) is 0 Å². The van der Waals surface area contributed by atoms with Gasteiger partial charge in [-0.25, -0.2) is 0 Å². The van der Waals surface area contributed by atoms with Crippen LogP contribution in [0.3, 0.4) is 0 Å². The molecule has 0 aliphatic rings. The second-order valence-electron chi connectivity index (χ2n) is 4.17. The van der Waals surface area contributed by atoms with E-state index in [9.17, 15) is 9.90 Å². The number of rotatable bonds is 5. The highest BCUT2D eigenvalue weighted by atomic mass is 32.1. The van der Waals surface area contributed by atoms with Gasteiger partial charge in [0, 0.05) is 17.6 Å². The molecule has 0 bridgehead atoms. The van der Waals surface area contributed by atoms with Gasteiger partial charge >= 0.3 is 0 Å². The number of anilines is 1. The summed E-state index contributed by atoms with van der Waals surface area (Å²) in [6, 6.07) is 9.02. The minimum Gasteiger partial charge on any atom is -0.387 e. The maximum absolute atomic E-state index is 11.9. The van der Waals surface area contributed by atoms with Crippen molar-refractivity contribution in [2.75, 3.05) is 18.9 Å². The monoisotopic (exact) mass is 276 g/mol. The Labute approximate surface area is 116 Å². The Hall–Kier alpha value is -1.69. The van der Waals surface area contributed by atoms with Crippen LogP contribution >= 0.6 is 11.3 Å². The third kappa shape index (κ3) is 3.64. The number of hydrogen-bond donors (Lipinski definition) is 3. The average Bonchev–Trinajstić information content (AvgIpc) is 2.93. The lowest BCUT2D eigenvalue weighted by Gasteiger charge is -2.12. The first-order chi connectivity index (χ1) is 9.20. The molecule has 1 aromatic heterocycles. The summed E-state index contributed by atoms with van der Waals surface area (Å²) in [4.78, 5) is 11.9. The number of aliphatic hydroxyl groups is 1. The zero-order valence-electron chi connectivity index (χ0n) is 10.6. The van der Waals surface area contributed by atoms with Gasteiger partial charge in [-0.05, 0) is 36.2 Å². The Morgan fingerprint density at radius 3 is 2.95 bits per heavy atom. The highest BCUT2D eigenvalue weighted by molar-refractivity contribution is 7.08. The average molecular weight is 276 g/mol. The molecule has 100 valence electrons. The van der Waals surface area contributed by atoms with Crippen LogP contribution in [0.5, 0.6) is 0 Å². The number of benzene rings is 1. The lowest BCUT2D eigenvalue weighted by atomic mass is 10.1. The molecule has 1 amide bonds. The van der Waals surface area contributed by atoms with Crippen molar-refractivity contribution < 1.29 is 9.90 Å². The minimum absolute atomic E-state index is 0.137. The lowest BCUT2D eigenvalue weighted by Crippen LogP contribution is -2.17. The topological polar surface area (TPSA) is 61.4 Å². The highest BCUT2D eigenvalue weighted by Gasteiger charge is 2.09. The molecule has 0 aliphatic heterocycles. The first kappa shape index (κ1) is 13.7. The van der Waals surface area contributed by atoms with Crippen molar-refractivity contribution in [1.82, 2.24) is 5.32 Å². The van der Waals surface area contributed by atoms with Crippen LogP contribution in [0.25, 0.3) is 0 Å². The number of thiophene rings is 1. The van der Waals surface area contributed by atoms with Gasteiger partial charge in [0.2, 0.25) is 0 Å². The third-order valence-electron chi connectivity index (χ3n) is 2.71. The van der Waals surface area contributed by atoms with E-state index in [0.29, 0.717) is 17.8 Å². The van der Waals surface area contributed by atoms with E-state index in [1.807, 2.05) is 17.5 Å². The van der Waals surface area contributed by atoms with Crippen LogP contribution < -0.4 is 10.6 Å². The standard InChI is InChI=1S/C14H16N2O2S/c1-15-8-13(17)10-3-2-4-12(7-10)16-14(18)11-5-6-19-9-11/h2-7,9,13,15,17H,8H2,1H3,(H,16,18). The van der Waals surface area contributed by atoms with Crippen LogP contribution in [0.15, 0.2) is 41.1 Å². The molecule has 1 unspecified atom stereocenters. The summed E-state index contributed by atoms with van der Waals surface area (Å²) < 4.78 is 0. The van der Waals surface area contributed by atoms with Crippen LogP contribution in [0.2, 0.25) is 0 Å². The molecule has 0 radical (unpaired) electrons. The molecule has 0 saturated heterocycles. The van der Waals surface area contributed by atoms with Crippen LogP contribution in [0, 0.1) is 0 Å². The quantitative estimate of drug-likeness (QED) is 0.785. The second-order valence-corrected chi connectivity index (χ2v) is 4.95. The molecular formula is C14H16N2O2S. The SMILES string of the molecule is CNCC(O)c1cccc(NC(=O)c2ccsc2)c1. The van der Waals surface area contributed by atoms with Gasteiger partial charge in [0.05, 0.1) is 11.7 Å². The van der Waals surface area contributed by atoms with Gasteiger partial charge in [0.25, 0.3) is 5.91 Å². The van der Waals surface area contributed by atoms with E-state index < -0.39 is 6.10 Å². The third-order valence-corrected chi connectivity index (χ3v) is 3.39. The minimum atomic E-state index is -0.581. The first-order valence-corrected chi connectivity index (χ1v) is 6.91. The fourth-order valence-electron chi connectivity index (χ4n) is 1.73. The van der Waals surface area contributed by atoms with Crippen molar-refractivity contribution in [2.24, 2.45) is 0 Å². The molecular weight excluding hydrogens is 260 g/mol. The molecule has 4 nitrogen and oxygen atoms in total. The van der Waals surface area contributed by atoms with Crippen molar-refractivity contribution in [3.8, 4) is 0 Å². The molecule has 19 heavy (non-hydrogen) atoms. The zero-order chi connectivity index (χ0) is 13.7. The lowest BCUT2D eigenvalue weighted by molar-refractivity contribution is 0.102. The molecule has 3 N–H and O–H groups in total. The van der Waals surface area contributed by atoms with Gasteiger partial charge in [-0.3, -0.25) is 4.79 Å². The van der Waals surface area contributed by atoms with Crippen LogP contribution in [0.1, 0.15) is 22.0 Å². The summed E-state index contributed by atoms with van der Waals surface area (Å²) in [6.07, 6.45) is -0.581. The van der Waals surface area contributed by atoms with E-state index in [1.165, 1.54) is 11.3 Å². The van der Waals surface area contributed by atoms with Crippen LogP contribution in [-0.2, 0) is 0 Å². The first-order valence-electron chi connectivity index (χ1n) is 5.97. The van der Waals surface area contributed by atoms with E-state index in [-0.39, 0.29) is 5.91 Å². The molecule has 0 fully saturated rings. The fraction of sp³-hybridized carbons (Fsp3) is 0.214. The summed E-state index contributed by atoms with van der Waals surface area (Å²) in [5, 5.41) is 19.3. The van der Waals surface area contributed by atoms with Gasteiger partial charge < -0.3 is 15.7 Å². The molecule has 1 atom stereocenters. The van der Waals surface area contributed by atoms with Gasteiger partial charge in [0.1, 0.15) is 0 Å². The van der Waals surface area contributed by atoms with Crippen LogP contribution in [-0.4, -0.2) is 24.6 Å². The maximum atomic E-state index is 11.9. The smallest absolute Gasteiger partial charge is 0.256 e. The maximum Gasteiger partial charge on any atom is 0.256 e. The Morgan fingerprint density at radius 1 is 1.42 bits per heavy atom. The molecule has 0 saturated carbocycles. The predicted octanol–water partition coefficient (Wildman–Crippen LogP) is 2.25. The summed E-state index contributed by atoms with van der Waals surface area (Å²) in [5.41, 5.74) is 2.10. The summed E-state index contributed by atoms with van der Waals surface area (Å²) >= 11 is 1.48. The van der Waals surface area contributed by atoms with Crippen molar-refractivity contribution in [2.45, 2.75) is 6.10 Å². The number of nitrogens with one attached hydrogen (secondary N) is 2. The number of carbonyl (C=O) groups excluding carboxylic acids is 1. The van der Waals surface area contributed by atoms with Gasteiger partial charge in [-0.1, -0.05) is 12.1 Å². The number of aliphatic hydroxyl groups excluding tert-OH is 1. The summed E-state index contributed by atoms with van der Waals surface area (Å²) in [7, 11) is 1.78. The predicted molar refractivity (Wildman–Crippen MR) is 77.6 cm³/mol. The molecule has 5 heteroatoms. The fourth-order valence-corrected chi connectivity index (χ4v) is 2.37. The normalized spacial score (nSPS) is 12.1. The van der Waals surface area contributed by atoms with Crippen molar-refractivity contribution in [3.05, 3.63) is 52.2 Å². The van der Waals surface area contributed by atoms with E-state index in [1.54, 1.807) is 30.6 Å². The Balaban J connectivity index is 2.09. The molecule has 2 aromatic rings. The second kappa shape index (κ2) is 6.47. The van der Waals surface area contributed by atoms with E-state index in [0.717, 1.165) is 5.56 Å². The van der Waals surface area contributed by atoms with Crippen molar-refractivity contribution in [1.29, 1.82) is 0 Å². The van der Waals surface area contributed by atoms with Gasteiger partial charge in [0.15, 0.2) is 0 Å². The Morgan fingerprint density at radius 2 is 2.26 bits per heavy atom. The van der Waals surface area contributed by atoms with Gasteiger partial charge in [-0.15, -0.1) is 0 Å². The summed E-state index contributed by atoms with van der Waals surface area (Å²) in [6.45, 7) is 0.474. The largest absolute Gasteiger partial charge is 0.387 e. The molecule has 1 heterocycles. The van der Waals surface area contributed by atoms with Gasteiger partial charge in [-0.2, -0.15) is 11.3 Å². The number of amides is 1.